The minimum absolute atomic E-state index is 0.337. The lowest BCUT2D eigenvalue weighted by molar-refractivity contribution is 0.443. The molecule has 0 aliphatic heterocycles. The first-order chi connectivity index (χ1) is 11.0. The molecular weight excluding hydrogens is 308 g/mol. The zero-order valence-corrected chi connectivity index (χ0v) is 14.6. The molecule has 0 unspecified atom stereocenters. The predicted octanol–water partition coefficient (Wildman–Crippen LogP) is 4.04. The molecular formula is C18H24N2O2S. The monoisotopic (exact) mass is 332 g/mol. The largest absolute Gasteiger partial charge is 0.269 e. The van der Waals surface area contributed by atoms with Crippen molar-refractivity contribution >= 4 is 10.0 Å². The van der Waals surface area contributed by atoms with Crippen LogP contribution in [0.15, 0.2) is 35.4 Å². The molecule has 1 aromatic carbocycles. The quantitative estimate of drug-likeness (QED) is 0.849. The first-order valence-corrected chi connectivity index (χ1v) is 9.86. The van der Waals surface area contributed by atoms with Crippen molar-refractivity contribution in [1.29, 1.82) is 0 Å². The van der Waals surface area contributed by atoms with E-state index in [2.05, 4.69) is 4.98 Å². The number of aromatic nitrogens is 2. The molecule has 1 aromatic heterocycles. The summed E-state index contributed by atoms with van der Waals surface area (Å²) in [5, 5.41) is 0. The maximum atomic E-state index is 12.8. The van der Waals surface area contributed by atoms with E-state index in [0.29, 0.717) is 23.1 Å². The lowest BCUT2D eigenvalue weighted by atomic mass is 9.84. The van der Waals surface area contributed by atoms with Crippen molar-refractivity contribution in [2.45, 2.75) is 63.2 Å². The molecule has 4 nitrogen and oxygen atoms in total. The predicted molar refractivity (Wildman–Crippen MR) is 91.2 cm³/mol. The second-order valence-corrected chi connectivity index (χ2v) is 8.17. The van der Waals surface area contributed by atoms with Crippen LogP contribution in [0.2, 0.25) is 0 Å². The van der Waals surface area contributed by atoms with Crippen LogP contribution in [0.5, 0.6) is 0 Å². The summed E-state index contributed by atoms with van der Waals surface area (Å²) in [7, 11) is -3.55. The Labute approximate surface area is 138 Å². The smallest absolute Gasteiger partial charge is 0.238 e. The van der Waals surface area contributed by atoms with Gasteiger partial charge in [-0.25, -0.2) is 17.4 Å². The van der Waals surface area contributed by atoms with Crippen molar-refractivity contribution in [2.24, 2.45) is 0 Å². The van der Waals surface area contributed by atoms with Gasteiger partial charge in [0, 0.05) is 12.6 Å². The average molecular weight is 332 g/mol. The molecule has 0 N–H and O–H groups in total. The number of imidazole rings is 1. The molecule has 2 aromatic rings. The molecule has 124 valence electrons. The van der Waals surface area contributed by atoms with E-state index >= 15 is 0 Å². The summed E-state index contributed by atoms with van der Waals surface area (Å²) < 4.78 is 27.0. The Morgan fingerprint density at radius 3 is 2.39 bits per heavy atom. The van der Waals surface area contributed by atoms with Gasteiger partial charge in [0.05, 0.1) is 10.6 Å². The third kappa shape index (κ3) is 3.20. The zero-order chi connectivity index (χ0) is 16.4. The van der Waals surface area contributed by atoms with Crippen molar-refractivity contribution in [3.8, 4) is 0 Å². The summed E-state index contributed by atoms with van der Waals surface area (Å²) in [5.74, 6) is 1.17. The SMILES string of the molecule is CCc1nc(C)cn1S(=O)(=O)c1ccc(C2CCCCC2)cc1. The Balaban J connectivity index is 1.91. The summed E-state index contributed by atoms with van der Waals surface area (Å²) in [6, 6.07) is 7.46. The van der Waals surface area contributed by atoms with E-state index < -0.39 is 10.0 Å². The topological polar surface area (TPSA) is 52.0 Å². The maximum Gasteiger partial charge on any atom is 0.269 e. The summed E-state index contributed by atoms with van der Waals surface area (Å²) in [4.78, 5) is 4.63. The number of rotatable bonds is 4. The Morgan fingerprint density at radius 1 is 1.13 bits per heavy atom. The highest BCUT2D eigenvalue weighted by molar-refractivity contribution is 7.90. The number of benzene rings is 1. The van der Waals surface area contributed by atoms with Gasteiger partial charge in [-0.05, 0) is 43.4 Å². The van der Waals surface area contributed by atoms with E-state index in [9.17, 15) is 8.42 Å². The third-order valence-corrected chi connectivity index (χ3v) is 6.40. The van der Waals surface area contributed by atoms with Crippen molar-refractivity contribution in [1.82, 2.24) is 8.96 Å². The highest BCUT2D eigenvalue weighted by atomic mass is 32.2. The second-order valence-electron chi connectivity index (χ2n) is 6.36. The molecule has 0 saturated heterocycles. The average Bonchev–Trinajstić information content (AvgIpc) is 2.97. The molecule has 0 radical (unpaired) electrons. The van der Waals surface area contributed by atoms with Gasteiger partial charge in [-0.2, -0.15) is 0 Å². The summed E-state index contributed by atoms with van der Waals surface area (Å²) in [5.41, 5.74) is 1.99. The van der Waals surface area contributed by atoms with Crippen LogP contribution in [0.3, 0.4) is 0 Å². The van der Waals surface area contributed by atoms with Gasteiger partial charge in [-0.3, -0.25) is 0 Å². The fourth-order valence-electron chi connectivity index (χ4n) is 3.43. The highest BCUT2D eigenvalue weighted by Gasteiger charge is 2.22. The van der Waals surface area contributed by atoms with Crippen LogP contribution in [-0.2, 0) is 16.4 Å². The first kappa shape index (κ1) is 16.2. The summed E-state index contributed by atoms with van der Waals surface area (Å²) in [6.07, 6.45) is 8.50. The van der Waals surface area contributed by atoms with Crippen LogP contribution in [0.25, 0.3) is 0 Å². The van der Waals surface area contributed by atoms with Gasteiger partial charge in [-0.1, -0.05) is 38.3 Å². The number of aryl methyl sites for hydroxylation is 2. The highest BCUT2D eigenvalue weighted by Crippen LogP contribution is 2.33. The van der Waals surface area contributed by atoms with E-state index in [4.69, 9.17) is 0 Å². The van der Waals surface area contributed by atoms with Crippen LogP contribution in [-0.4, -0.2) is 17.4 Å². The molecule has 5 heteroatoms. The van der Waals surface area contributed by atoms with Crippen molar-refractivity contribution in [3.05, 3.63) is 47.5 Å². The van der Waals surface area contributed by atoms with Crippen LogP contribution in [0.4, 0.5) is 0 Å². The minimum atomic E-state index is -3.55. The van der Waals surface area contributed by atoms with Crippen molar-refractivity contribution < 1.29 is 8.42 Å². The van der Waals surface area contributed by atoms with E-state index in [1.54, 1.807) is 18.3 Å². The molecule has 0 atom stereocenters. The fraction of sp³-hybridized carbons (Fsp3) is 0.500. The van der Waals surface area contributed by atoms with E-state index in [1.165, 1.54) is 41.6 Å². The van der Waals surface area contributed by atoms with Crippen LogP contribution >= 0.6 is 0 Å². The molecule has 1 saturated carbocycles. The Morgan fingerprint density at radius 2 is 1.78 bits per heavy atom. The van der Waals surface area contributed by atoms with Crippen molar-refractivity contribution in [2.75, 3.05) is 0 Å². The number of hydrogen-bond donors (Lipinski definition) is 0. The standard InChI is InChI=1S/C18H24N2O2S/c1-3-18-19-14(2)13-20(18)23(21,22)17-11-9-16(10-12-17)15-7-5-4-6-8-15/h9-13,15H,3-8H2,1-2H3. The van der Waals surface area contributed by atoms with Gasteiger partial charge < -0.3 is 0 Å². The van der Waals surface area contributed by atoms with Crippen molar-refractivity contribution in [3.63, 3.8) is 0 Å². The Bertz CT molecular complexity index is 770. The molecule has 23 heavy (non-hydrogen) atoms. The second kappa shape index (κ2) is 6.48. The van der Waals surface area contributed by atoms with Gasteiger partial charge in [0.15, 0.2) is 0 Å². The molecule has 1 aliphatic rings. The molecule has 1 fully saturated rings. The molecule has 0 amide bonds. The zero-order valence-electron chi connectivity index (χ0n) is 13.8. The van der Waals surface area contributed by atoms with E-state index in [-0.39, 0.29) is 0 Å². The van der Waals surface area contributed by atoms with Gasteiger partial charge in [0.1, 0.15) is 5.82 Å². The van der Waals surface area contributed by atoms with Gasteiger partial charge in [-0.15, -0.1) is 0 Å². The van der Waals surface area contributed by atoms with Gasteiger partial charge >= 0.3 is 0 Å². The molecule has 1 heterocycles. The molecule has 0 spiro atoms. The summed E-state index contributed by atoms with van der Waals surface area (Å²) in [6.45, 7) is 3.73. The lowest BCUT2D eigenvalue weighted by Crippen LogP contribution is -2.15. The minimum Gasteiger partial charge on any atom is -0.238 e. The van der Waals surface area contributed by atoms with E-state index in [1.807, 2.05) is 26.0 Å². The van der Waals surface area contributed by atoms with Gasteiger partial charge in [0.2, 0.25) is 0 Å². The normalized spacial score (nSPS) is 16.6. The summed E-state index contributed by atoms with van der Waals surface area (Å²) >= 11 is 0. The molecule has 3 rings (SSSR count). The number of hydrogen-bond acceptors (Lipinski definition) is 3. The maximum absolute atomic E-state index is 12.8. The lowest BCUT2D eigenvalue weighted by Gasteiger charge is -2.22. The Hall–Kier alpha value is -1.62. The fourth-order valence-corrected chi connectivity index (χ4v) is 4.88. The Kier molecular flexibility index (Phi) is 4.57. The molecule has 0 bridgehead atoms. The van der Waals surface area contributed by atoms with Crippen LogP contribution < -0.4 is 0 Å². The molecule has 1 aliphatic carbocycles. The first-order valence-electron chi connectivity index (χ1n) is 8.42. The number of nitrogens with zero attached hydrogens (tertiary/aromatic N) is 2. The van der Waals surface area contributed by atoms with E-state index in [0.717, 1.165) is 5.69 Å². The van der Waals surface area contributed by atoms with Crippen LogP contribution in [0, 0.1) is 6.92 Å². The van der Waals surface area contributed by atoms with Gasteiger partial charge in [0.25, 0.3) is 10.0 Å². The third-order valence-electron chi connectivity index (χ3n) is 4.69. The van der Waals surface area contributed by atoms with Crippen LogP contribution in [0.1, 0.15) is 62.0 Å².